The van der Waals surface area contributed by atoms with Crippen molar-refractivity contribution in [2.24, 2.45) is 0 Å². The van der Waals surface area contributed by atoms with Crippen molar-refractivity contribution in [2.75, 3.05) is 31.6 Å². The Morgan fingerprint density at radius 1 is 1.35 bits per heavy atom. The summed E-state index contributed by atoms with van der Waals surface area (Å²) < 4.78 is 10.9. The van der Waals surface area contributed by atoms with Gasteiger partial charge in [-0.1, -0.05) is 6.42 Å². The molecule has 0 bridgehead atoms. The van der Waals surface area contributed by atoms with E-state index in [1.165, 1.54) is 19.3 Å². The first-order valence-electron chi connectivity index (χ1n) is 9.44. The fraction of sp³-hybridized carbons (Fsp3) is 0.632. The lowest BCUT2D eigenvalue weighted by Gasteiger charge is -2.33. The van der Waals surface area contributed by atoms with E-state index in [4.69, 9.17) is 9.15 Å². The van der Waals surface area contributed by atoms with Crippen molar-refractivity contribution < 1.29 is 13.9 Å². The van der Waals surface area contributed by atoms with Gasteiger partial charge in [0.25, 0.3) is 0 Å². The van der Waals surface area contributed by atoms with Gasteiger partial charge < -0.3 is 14.5 Å². The fourth-order valence-electron chi connectivity index (χ4n) is 3.60. The molecule has 1 N–H and O–H groups in total. The molecule has 3 rings (SSSR count). The predicted octanol–water partition coefficient (Wildman–Crippen LogP) is 3.30. The maximum Gasteiger partial charge on any atom is 0.342 e. The highest BCUT2D eigenvalue weighted by Gasteiger charge is 2.24. The van der Waals surface area contributed by atoms with E-state index < -0.39 is 5.97 Å². The van der Waals surface area contributed by atoms with Gasteiger partial charge in [0.15, 0.2) is 0 Å². The van der Waals surface area contributed by atoms with Gasteiger partial charge in [-0.25, -0.2) is 9.78 Å². The molecule has 1 fully saturated rings. The number of anilines is 1. The van der Waals surface area contributed by atoms with Crippen LogP contribution >= 0.6 is 0 Å². The maximum absolute atomic E-state index is 12.4. The van der Waals surface area contributed by atoms with Crippen LogP contribution in [0.3, 0.4) is 0 Å². The third kappa shape index (κ3) is 3.82. The molecule has 7 heteroatoms. The first kappa shape index (κ1) is 18.6. The molecule has 1 saturated heterocycles. The molecular formula is C19H28N4O3. The summed E-state index contributed by atoms with van der Waals surface area (Å²) in [5.74, 6) is 1.35. The summed E-state index contributed by atoms with van der Waals surface area (Å²) in [6, 6.07) is 0.615. The Hall–Kier alpha value is -2.15. The number of aromatic nitrogens is 2. The molecule has 26 heavy (non-hydrogen) atoms. The summed E-state index contributed by atoms with van der Waals surface area (Å²) >= 11 is 0. The Labute approximate surface area is 154 Å². The van der Waals surface area contributed by atoms with Crippen molar-refractivity contribution in [2.45, 2.75) is 53.0 Å². The topological polar surface area (TPSA) is 80.5 Å². The second-order valence-electron chi connectivity index (χ2n) is 6.86. The molecule has 0 aliphatic carbocycles. The average molecular weight is 360 g/mol. The number of carbonyl (C=O) groups is 1. The molecule has 0 unspecified atom stereocenters. The first-order valence-corrected chi connectivity index (χ1v) is 9.44. The molecule has 0 spiro atoms. The smallest absolute Gasteiger partial charge is 0.342 e. The van der Waals surface area contributed by atoms with Gasteiger partial charge in [-0.3, -0.25) is 4.90 Å². The highest BCUT2D eigenvalue weighted by atomic mass is 16.5. The number of carbonyl (C=O) groups excluding carboxylic acids is 1. The summed E-state index contributed by atoms with van der Waals surface area (Å²) in [5.41, 5.74) is 0.836. The Kier molecular flexibility index (Phi) is 5.76. The summed E-state index contributed by atoms with van der Waals surface area (Å²) in [4.78, 5) is 23.7. The van der Waals surface area contributed by atoms with Crippen LogP contribution in [0.15, 0.2) is 4.42 Å². The predicted molar refractivity (Wildman–Crippen MR) is 101 cm³/mol. The number of rotatable bonds is 6. The highest BCUT2D eigenvalue weighted by Crippen LogP contribution is 2.30. The molecule has 0 aromatic carbocycles. The van der Waals surface area contributed by atoms with Crippen LogP contribution < -0.4 is 5.32 Å². The SMILES string of the molecule is CCOC(=O)c1c(C)oc2nc(C)nc(NCCN3CCCC[C@@H]3C)c12. The number of esters is 1. The third-order valence-corrected chi connectivity index (χ3v) is 4.95. The quantitative estimate of drug-likeness (QED) is 0.792. The van der Waals surface area contributed by atoms with E-state index in [9.17, 15) is 4.79 Å². The van der Waals surface area contributed by atoms with Crippen molar-refractivity contribution in [3.8, 4) is 0 Å². The zero-order valence-electron chi connectivity index (χ0n) is 16.1. The van der Waals surface area contributed by atoms with E-state index in [0.717, 1.165) is 19.6 Å². The molecular weight excluding hydrogens is 332 g/mol. The number of aryl methyl sites for hydroxylation is 2. The number of likely N-dealkylation sites (tertiary alicyclic amines) is 1. The molecule has 0 amide bonds. The van der Waals surface area contributed by atoms with E-state index in [0.29, 0.717) is 46.7 Å². The first-order chi connectivity index (χ1) is 12.5. The fourth-order valence-corrected chi connectivity index (χ4v) is 3.60. The summed E-state index contributed by atoms with van der Waals surface area (Å²) in [6.45, 7) is 10.8. The van der Waals surface area contributed by atoms with E-state index in [1.807, 2.05) is 6.92 Å². The van der Waals surface area contributed by atoms with E-state index in [2.05, 4.69) is 27.1 Å². The Morgan fingerprint density at radius 3 is 2.88 bits per heavy atom. The number of piperidine rings is 1. The van der Waals surface area contributed by atoms with Crippen LogP contribution in [0.2, 0.25) is 0 Å². The summed E-state index contributed by atoms with van der Waals surface area (Å²) in [5, 5.41) is 4.00. The van der Waals surface area contributed by atoms with Crippen LogP contribution in [0, 0.1) is 13.8 Å². The largest absolute Gasteiger partial charge is 0.462 e. The van der Waals surface area contributed by atoms with Crippen LogP contribution in [0.5, 0.6) is 0 Å². The number of hydrogen-bond donors (Lipinski definition) is 1. The van der Waals surface area contributed by atoms with Gasteiger partial charge in [-0.15, -0.1) is 0 Å². The van der Waals surface area contributed by atoms with Gasteiger partial charge in [-0.2, -0.15) is 4.98 Å². The zero-order chi connectivity index (χ0) is 18.7. The second kappa shape index (κ2) is 8.03. The molecule has 3 heterocycles. The number of furan rings is 1. The van der Waals surface area contributed by atoms with Crippen molar-refractivity contribution in [1.82, 2.24) is 14.9 Å². The number of ether oxygens (including phenoxy) is 1. The highest BCUT2D eigenvalue weighted by molar-refractivity contribution is 6.07. The lowest BCUT2D eigenvalue weighted by molar-refractivity contribution is 0.0526. The Balaban J connectivity index is 1.83. The number of hydrogen-bond acceptors (Lipinski definition) is 7. The summed E-state index contributed by atoms with van der Waals surface area (Å²) in [6.07, 6.45) is 3.83. The van der Waals surface area contributed by atoms with E-state index in [-0.39, 0.29) is 0 Å². The van der Waals surface area contributed by atoms with Gasteiger partial charge in [0.1, 0.15) is 23.0 Å². The lowest BCUT2D eigenvalue weighted by atomic mass is 10.0. The number of fused-ring (bicyclic) bond motifs is 1. The van der Waals surface area contributed by atoms with Crippen molar-refractivity contribution in [3.05, 3.63) is 17.1 Å². The molecule has 1 aliphatic heterocycles. The standard InChI is InChI=1S/C19H28N4O3/c1-5-25-19(24)15-13(3)26-18-16(15)17(21-14(4)22-18)20-9-11-23-10-7-6-8-12(23)2/h12H,5-11H2,1-4H3,(H,20,21,22)/t12-/m0/s1. The minimum Gasteiger partial charge on any atom is -0.462 e. The second-order valence-corrected chi connectivity index (χ2v) is 6.86. The van der Waals surface area contributed by atoms with Crippen molar-refractivity contribution in [1.29, 1.82) is 0 Å². The van der Waals surface area contributed by atoms with Crippen LogP contribution in [-0.2, 0) is 4.74 Å². The maximum atomic E-state index is 12.4. The van der Waals surface area contributed by atoms with Crippen molar-refractivity contribution in [3.63, 3.8) is 0 Å². The minimum absolute atomic E-state index is 0.313. The molecule has 1 atom stereocenters. The lowest BCUT2D eigenvalue weighted by Crippen LogP contribution is -2.40. The van der Waals surface area contributed by atoms with Gasteiger partial charge in [-0.05, 0) is 47.1 Å². The zero-order valence-corrected chi connectivity index (χ0v) is 16.1. The van der Waals surface area contributed by atoms with Crippen LogP contribution in [0.25, 0.3) is 11.1 Å². The molecule has 7 nitrogen and oxygen atoms in total. The van der Waals surface area contributed by atoms with E-state index in [1.54, 1.807) is 13.8 Å². The minimum atomic E-state index is -0.399. The molecule has 0 radical (unpaired) electrons. The number of nitrogens with zero attached hydrogens (tertiary/aromatic N) is 3. The van der Waals surface area contributed by atoms with Gasteiger partial charge in [0, 0.05) is 19.1 Å². The van der Waals surface area contributed by atoms with Crippen LogP contribution in [0.4, 0.5) is 5.82 Å². The third-order valence-electron chi connectivity index (χ3n) is 4.95. The molecule has 2 aromatic rings. The Bertz CT molecular complexity index is 787. The van der Waals surface area contributed by atoms with E-state index >= 15 is 0 Å². The molecule has 142 valence electrons. The summed E-state index contributed by atoms with van der Waals surface area (Å²) in [7, 11) is 0. The van der Waals surface area contributed by atoms with Gasteiger partial charge >= 0.3 is 5.97 Å². The van der Waals surface area contributed by atoms with Crippen molar-refractivity contribution >= 4 is 22.9 Å². The van der Waals surface area contributed by atoms with Gasteiger partial charge in [0.2, 0.25) is 5.71 Å². The molecule has 2 aromatic heterocycles. The molecule has 1 aliphatic rings. The van der Waals surface area contributed by atoms with Crippen LogP contribution in [0.1, 0.15) is 55.1 Å². The number of nitrogens with one attached hydrogen (secondary N) is 1. The van der Waals surface area contributed by atoms with Gasteiger partial charge in [0.05, 0.1) is 12.0 Å². The van der Waals surface area contributed by atoms with Crippen LogP contribution in [-0.4, -0.2) is 53.1 Å². The normalized spacial score (nSPS) is 18.2. The Morgan fingerprint density at radius 2 is 2.15 bits per heavy atom. The monoisotopic (exact) mass is 360 g/mol. The molecule has 0 saturated carbocycles. The average Bonchev–Trinajstić information content (AvgIpc) is 2.92.